The highest BCUT2D eigenvalue weighted by Gasteiger charge is 2.28. The van der Waals surface area contributed by atoms with Crippen LogP contribution in [0.25, 0.3) is 11.3 Å². The minimum Gasteiger partial charge on any atom is -0.379 e. The third kappa shape index (κ3) is 6.31. The molecule has 35 heavy (non-hydrogen) atoms. The summed E-state index contributed by atoms with van der Waals surface area (Å²) in [6, 6.07) is 7.30. The number of hydrogen-bond acceptors (Lipinski definition) is 8. The van der Waals surface area contributed by atoms with E-state index in [1.807, 2.05) is 18.3 Å². The standard InChI is InChI=1S/C24H27F2N7O2/c1-15-14-35-9-8-33(15)13-17-4-5-19(28-11-17)18-12-29-22(30-16(2)34)10-20(18)31-21-6-7-27-23(32-21)24(3,25)26/h4-7,10-12,15H,8-9,13-14H2,1-3H3,(H2,27,29,30,31,32,34)/t15-/m0/s1. The van der Waals surface area contributed by atoms with E-state index in [1.165, 1.54) is 19.2 Å². The second kappa shape index (κ2) is 10.4. The zero-order chi connectivity index (χ0) is 25.0. The minimum atomic E-state index is -3.19. The van der Waals surface area contributed by atoms with Crippen molar-refractivity contribution < 1.29 is 18.3 Å². The van der Waals surface area contributed by atoms with Gasteiger partial charge in [-0.1, -0.05) is 6.07 Å². The predicted octanol–water partition coefficient (Wildman–Crippen LogP) is 3.97. The Balaban J connectivity index is 1.62. The lowest BCUT2D eigenvalue weighted by Crippen LogP contribution is -2.42. The van der Waals surface area contributed by atoms with E-state index in [4.69, 9.17) is 4.74 Å². The summed E-state index contributed by atoms with van der Waals surface area (Å²) in [6.45, 7) is 7.29. The lowest BCUT2D eigenvalue weighted by atomic mass is 10.1. The molecule has 1 aliphatic heterocycles. The molecule has 1 aliphatic rings. The molecule has 0 radical (unpaired) electrons. The predicted molar refractivity (Wildman–Crippen MR) is 127 cm³/mol. The van der Waals surface area contributed by atoms with Gasteiger partial charge in [0.05, 0.1) is 24.6 Å². The molecule has 0 bridgehead atoms. The van der Waals surface area contributed by atoms with Crippen molar-refractivity contribution in [3.8, 4) is 11.3 Å². The second-order valence-electron chi connectivity index (χ2n) is 8.52. The van der Waals surface area contributed by atoms with E-state index < -0.39 is 11.7 Å². The molecule has 4 heterocycles. The first-order valence-corrected chi connectivity index (χ1v) is 11.2. The van der Waals surface area contributed by atoms with Crippen LogP contribution in [-0.2, 0) is 22.0 Å². The summed E-state index contributed by atoms with van der Waals surface area (Å²) in [6.07, 6.45) is 4.64. The topological polar surface area (TPSA) is 105 Å². The van der Waals surface area contributed by atoms with Crippen LogP contribution in [0.3, 0.4) is 0 Å². The van der Waals surface area contributed by atoms with Crippen LogP contribution < -0.4 is 10.6 Å². The van der Waals surface area contributed by atoms with E-state index in [0.29, 0.717) is 42.0 Å². The van der Waals surface area contributed by atoms with Crippen molar-refractivity contribution in [2.75, 3.05) is 30.4 Å². The molecule has 9 nitrogen and oxygen atoms in total. The van der Waals surface area contributed by atoms with E-state index in [2.05, 4.69) is 42.4 Å². The van der Waals surface area contributed by atoms with E-state index in [9.17, 15) is 13.6 Å². The van der Waals surface area contributed by atoms with Crippen molar-refractivity contribution in [3.05, 3.63) is 54.2 Å². The fourth-order valence-corrected chi connectivity index (χ4v) is 3.70. The third-order valence-electron chi connectivity index (χ3n) is 5.51. The van der Waals surface area contributed by atoms with Crippen molar-refractivity contribution in [1.29, 1.82) is 0 Å². The molecule has 1 fully saturated rings. The molecule has 3 aromatic rings. The normalized spacial score (nSPS) is 16.7. The smallest absolute Gasteiger partial charge is 0.303 e. The van der Waals surface area contributed by atoms with Crippen LogP contribution in [0, 0.1) is 0 Å². The van der Waals surface area contributed by atoms with Gasteiger partial charge in [-0.15, -0.1) is 0 Å². The van der Waals surface area contributed by atoms with Crippen LogP contribution in [0.15, 0.2) is 42.9 Å². The number of alkyl halides is 2. The summed E-state index contributed by atoms with van der Waals surface area (Å²) >= 11 is 0. The number of carbonyl (C=O) groups is 1. The average molecular weight is 484 g/mol. The van der Waals surface area contributed by atoms with Crippen LogP contribution >= 0.6 is 0 Å². The summed E-state index contributed by atoms with van der Waals surface area (Å²) in [4.78, 5) is 30.4. The van der Waals surface area contributed by atoms with Crippen LogP contribution in [0.1, 0.15) is 32.2 Å². The number of pyridine rings is 2. The molecular weight excluding hydrogens is 456 g/mol. The van der Waals surface area contributed by atoms with Gasteiger partial charge in [0.15, 0.2) is 0 Å². The van der Waals surface area contributed by atoms with Gasteiger partial charge in [-0.2, -0.15) is 8.78 Å². The minimum absolute atomic E-state index is 0.177. The van der Waals surface area contributed by atoms with Crippen molar-refractivity contribution in [2.45, 2.75) is 39.3 Å². The molecule has 0 aliphatic carbocycles. The number of halogens is 2. The van der Waals surface area contributed by atoms with E-state index in [1.54, 1.807) is 12.3 Å². The Kier molecular flexibility index (Phi) is 7.27. The molecule has 184 valence electrons. The quantitative estimate of drug-likeness (QED) is 0.520. The highest BCUT2D eigenvalue weighted by atomic mass is 19.3. The molecule has 1 atom stereocenters. The molecule has 0 spiro atoms. The fourth-order valence-electron chi connectivity index (χ4n) is 3.70. The van der Waals surface area contributed by atoms with Crippen molar-refractivity contribution >= 4 is 23.2 Å². The number of rotatable bonds is 7. The Morgan fingerprint density at radius 2 is 2.03 bits per heavy atom. The largest absolute Gasteiger partial charge is 0.379 e. The number of nitrogens with zero attached hydrogens (tertiary/aromatic N) is 5. The number of amides is 1. The number of morpholine rings is 1. The van der Waals surface area contributed by atoms with Gasteiger partial charge < -0.3 is 15.4 Å². The Morgan fingerprint density at radius 3 is 2.71 bits per heavy atom. The summed E-state index contributed by atoms with van der Waals surface area (Å²) in [7, 11) is 0. The molecule has 1 saturated heterocycles. The molecule has 0 saturated carbocycles. The molecule has 4 rings (SSSR count). The summed E-state index contributed by atoms with van der Waals surface area (Å²) in [5.74, 6) is -3.59. The monoisotopic (exact) mass is 483 g/mol. The number of aromatic nitrogens is 4. The van der Waals surface area contributed by atoms with Gasteiger partial charge in [0.2, 0.25) is 11.7 Å². The molecule has 2 N–H and O–H groups in total. The van der Waals surface area contributed by atoms with Crippen molar-refractivity contribution in [1.82, 2.24) is 24.8 Å². The highest BCUT2D eigenvalue weighted by molar-refractivity contribution is 5.89. The number of nitrogens with one attached hydrogen (secondary N) is 2. The maximum atomic E-state index is 13.7. The third-order valence-corrected chi connectivity index (χ3v) is 5.51. The van der Waals surface area contributed by atoms with Gasteiger partial charge in [-0.25, -0.2) is 15.0 Å². The van der Waals surface area contributed by atoms with E-state index >= 15 is 0 Å². The molecule has 0 aromatic carbocycles. The number of hydrogen-bond donors (Lipinski definition) is 2. The summed E-state index contributed by atoms with van der Waals surface area (Å²) < 4.78 is 32.9. The maximum Gasteiger partial charge on any atom is 0.303 e. The Bertz CT molecular complexity index is 1190. The van der Waals surface area contributed by atoms with Gasteiger partial charge in [0, 0.05) is 63.2 Å². The number of ether oxygens (including phenoxy) is 1. The lowest BCUT2D eigenvalue weighted by Gasteiger charge is -2.33. The van der Waals surface area contributed by atoms with Crippen LogP contribution in [0.4, 0.5) is 26.1 Å². The first-order valence-electron chi connectivity index (χ1n) is 11.2. The first kappa shape index (κ1) is 24.6. The highest BCUT2D eigenvalue weighted by Crippen LogP contribution is 2.31. The van der Waals surface area contributed by atoms with Gasteiger partial charge >= 0.3 is 5.92 Å². The van der Waals surface area contributed by atoms with Crippen LogP contribution in [0.2, 0.25) is 0 Å². The average Bonchev–Trinajstić information content (AvgIpc) is 2.81. The molecule has 3 aromatic heterocycles. The van der Waals surface area contributed by atoms with Gasteiger partial charge in [-0.05, 0) is 24.6 Å². The fraction of sp³-hybridized carbons (Fsp3) is 0.375. The van der Waals surface area contributed by atoms with Gasteiger partial charge in [0.1, 0.15) is 11.6 Å². The molecule has 0 unspecified atom stereocenters. The zero-order valence-corrected chi connectivity index (χ0v) is 19.8. The number of anilines is 3. The summed E-state index contributed by atoms with van der Waals surface area (Å²) in [5.41, 5.74) is 2.80. The Morgan fingerprint density at radius 1 is 1.20 bits per heavy atom. The van der Waals surface area contributed by atoms with Crippen LogP contribution in [-0.4, -0.2) is 56.5 Å². The van der Waals surface area contributed by atoms with Gasteiger partial charge in [-0.3, -0.25) is 14.7 Å². The summed E-state index contributed by atoms with van der Waals surface area (Å²) in [5, 5.41) is 5.67. The SMILES string of the molecule is CC(=O)Nc1cc(Nc2ccnc(C(C)(F)F)n2)c(-c2ccc(CN3CCOC[C@@H]3C)cn2)cn1. The number of carbonyl (C=O) groups excluding carboxylic acids is 1. The van der Waals surface area contributed by atoms with Crippen molar-refractivity contribution in [2.24, 2.45) is 0 Å². The van der Waals surface area contributed by atoms with E-state index in [0.717, 1.165) is 25.6 Å². The molecule has 1 amide bonds. The Hall–Kier alpha value is -3.57. The lowest BCUT2D eigenvalue weighted by molar-refractivity contribution is -0.114. The molecular formula is C24H27F2N7O2. The van der Waals surface area contributed by atoms with Crippen LogP contribution in [0.5, 0.6) is 0 Å². The first-order chi connectivity index (χ1) is 16.7. The van der Waals surface area contributed by atoms with E-state index in [-0.39, 0.29) is 11.7 Å². The second-order valence-corrected chi connectivity index (χ2v) is 8.52. The van der Waals surface area contributed by atoms with Crippen molar-refractivity contribution in [3.63, 3.8) is 0 Å². The van der Waals surface area contributed by atoms with Gasteiger partial charge in [0.25, 0.3) is 0 Å². The Labute approximate surface area is 202 Å². The zero-order valence-electron chi connectivity index (χ0n) is 19.8. The molecule has 11 heteroatoms. The maximum absolute atomic E-state index is 13.7.